The van der Waals surface area contributed by atoms with Crippen LogP contribution < -0.4 is 0 Å². The van der Waals surface area contributed by atoms with E-state index >= 15 is 0 Å². The third-order valence-corrected chi connectivity index (χ3v) is 8.23. The number of rotatable bonds is 0. The SMILES string of the molecule is C=C1CCC2C3C(C)CC4CC(O)CCC4C3CCC12C. The van der Waals surface area contributed by atoms with Gasteiger partial charge < -0.3 is 5.11 Å². The Labute approximate surface area is 130 Å². The van der Waals surface area contributed by atoms with Crippen LogP contribution in [-0.4, -0.2) is 11.2 Å². The monoisotopic (exact) mass is 288 g/mol. The van der Waals surface area contributed by atoms with Crippen molar-refractivity contribution >= 4 is 0 Å². The smallest absolute Gasteiger partial charge is 0.0543 e. The van der Waals surface area contributed by atoms with Crippen LogP contribution in [0.1, 0.15) is 65.2 Å². The Morgan fingerprint density at radius 3 is 2.71 bits per heavy atom. The van der Waals surface area contributed by atoms with Gasteiger partial charge in [0.2, 0.25) is 0 Å². The number of hydrogen-bond acceptors (Lipinski definition) is 1. The number of allylic oxidation sites excluding steroid dienone is 1. The minimum absolute atomic E-state index is 0.00452. The van der Waals surface area contributed by atoms with Gasteiger partial charge in [-0.25, -0.2) is 0 Å². The Hall–Kier alpha value is -0.300. The van der Waals surface area contributed by atoms with Gasteiger partial charge >= 0.3 is 0 Å². The Balaban J connectivity index is 1.63. The minimum Gasteiger partial charge on any atom is -0.393 e. The number of fused-ring (bicyclic) bond motifs is 5. The van der Waals surface area contributed by atoms with Gasteiger partial charge in [0.25, 0.3) is 0 Å². The molecule has 0 heterocycles. The van der Waals surface area contributed by atoms with Gasteiger partial charge in [-0.2, -0.15) is 0 Å². The van der Waals surface area contributed by atoms with Crippen molar-refractivity contribution in [3.63, 3.8) is 0 Å². The van der Waals surface area contributed by atoms with Crippen molar-refractivity contribution in [2.45, 2.75) is 71.3 Å². The molecule has 4 fully saturated rings. The van der Waals surface area contributed by atoms with Gasteiger partial charge in [-0.05, 0) is 92.3 Å². The first-order valence-corrected chi connectivity index (χ1v) is 9.37. The molecule has 1 N–H and O–H groups in total. The van der Waals surface area contributed by atoms with Crippen molar-refractivity contribution < 1.29 is 5.11 Å². The van der Waals surface area contributed by atoms with E-state index in [2.05, 4.69) is 20.4 Å². The Kier molecular flexibility index (Phi) is 3.30. The Bertz CT molecular complexity index is 441. The lowest BCUT2D eigenvalue weighted by molar-refractivity contribution is -0.0873. The zero-order valence-electron chi connectivity index (χ0n) is 13.9. The summed E-state index contributed by atoms with van der Waals surface area (Å²) in [5, 5.41) is 10.0. The highest BCUT2D eigenvalue weighted by molar-refractivity contribution is 5.21. The van der Waals surface area contributed by atoms with Crippen LogP contribution in [0.3, 0.4) is 0 Å². The molecule has 4 rings (SSSR count). The third kappa shape index (κ3) is 1.99. The van der Waals surface area contributed by atoms with Crippen molar-refractivity contribution in [1.82, 2.24) is 0 Å². The molecule has 118 valence electrons. The quantitative estimate of drug-likeness (QED) is 0.635. The van der Waals surface area contributed by atoms with Crippen molar-refractivity contribution in [3.8, 4) is 0 Å². The van der Waals surface area contributed by atoms with E-state index in [1.54, 1.807) is 5.57 Å². The minimum atomic E-state index is -0.00452. The first kappa shape index (κ1) is 14.3. The molecule has 0 aliphatic heterocycles. The van der Waals surface area contributed by atoms with Gasteiger partial charge in [-0.15, -0.1) is 0 Å². The van der Waals surface area contributed by atoms with Crippen molar-refractivity contribution in [2.75, 3.05) is 0 Å². The lowest BCUT2D eigenvalue weighted by Crippen LogP contribution is -2.51. The summed E-state index contributed by atoms with van der Waals surface area (Å²) in [4.78, 5) is 0. The van der Waals surface area contributed by atoms with E-state index in [9.17, 15) is 5.11 Å². The maximum atomic E-state index is 10.0. The average molecular weight is 288 g/mol. The van der Waals surface area contributed by atoms with Crippen LogP contribution in [0.5, 0.6) is 0 Å². The standard InChI is InChI=1S/C20H32O/c1-12-10-14-11-15(21)5-6-16(14)17-8-9-20(3)13(2)4-7-18(20)19(12)17/h12,14-19,21H,2,4-11H2,1,3H3. The zero-order chi connectivity index (χ0) is 14.8. The molecule has 8 atom stereocenters. The molecule has 0 aromatic rings. The fourth-order valence-corrected chi connectivity index (χ4v) is 7.18. The first-order valence-electron chi connectivity index (χ1n) is 9.37. The van der Waals surface area contributed by atoms with Gasteiger partial charge in [0.05, 0.1) is 6.10 Å². The van der Waals surface area contributed by atoms with Gasteiger partial charge in [0.1, 0.15) is 0 Å². The lowest BCUT2D eigenvalue weighted by atomic mass is 9.48. The van der Waals surface area contributed by atoms with Crippen LogP contribution in [0.2, 0.25) is 0 Å². The van der Waals surface area contributed by atoms with Crippen molar-refractivity contribution in [1.29, 1.82) is 0 Å². The molecule has 1 nitrogen and oxygen atoms in total. The van der Waals surface area contributed by atoms with Crippen LogP contribution in [0.4, 0.5) is 0 Å². The number of hydrogen-bond donors (Lipinski definition) is 1. The van der Waals surface area contributed by atoms with E-state index < -0.39 is 0 Å². The lowest BCUT2D eigenvalue weighted by Gasteiger charge is -2.57. The second-order valence-electron chi connectivity index (χ2n) is 9.05. The van der Waals surface area contributed by atoms with E-state index in [4.69, 9.17) is 0 Å². The highest BCUT2D eigenvalue weighted by atomic mass is 16.3. The largest absolute Gasteiger partial charge is 0.393 e. The molecule has 1 heteroatoms. The fraction of sp³-hybridized carbons (Fsp3) is 0.900. The van der Waals surface area contributed by atoms with E-state index in [1.807, 2.05) is 0 Å². The Morgan fingerprint density at radius 2 is 1.90 bits per heavy atom. The fourth-order valence-electron chi connectivity index (χ4n) is 7.18. The molecule has 0 bridgehead atoms. The summed E-state index contributed by atoms with van der Waals surface area (Å²) in [6, 6.07) is 0. The summed E-state index contributed by atoms with van der Waals surface area (Å²) in [5.41, 5.74) is 2.01. The second-order valence-corrected chi connectivity index (χ2v) is 9.05. The van der Waals surface area contributed by atoms with Gasteiger partial charge in [0, 0.05) is 0 Å². The average Bonchev–Trinajstić information content (AvgIpc) is 2.74. The molecule has 0 aromatic carbocycles. The summed E-state index contributed by atoms with van der Waals surface area (Å²) in [5.74, 6) is 5.41. The predicted molar refractivity (Wildman–Crippen MR) is 86.8 cm³/mol. The van der Waals surface area contributed by atoms with Crippen LogP contribution in [0.15, 0.2) is 12.2 Å². The summed E-state index contributed by atoms with van der Waals surface area (Å²) in [7, 11) is 0. The summed E-state index contributed by atoms with van der Waals surface area (Å²) >= 11 is 0. The molecule has 0 radical (unpaired) electrons. The molecule has 0 amide bonds. The topological polar surface area (TPSA) is 20.2 Å². The van der Waals surface area contributed by atoms with Gasteiger partial charge in [0.15, 0.2) is 0 Å². The second kappa shape index (κ2) is 4.85. The van der Waals surface area contributed by atoms with Crippen LogP contribution in [0.25, 0.3) is 0 Å². The van der Waals surface area contributed by atoms with Crippen LogP contribution in [0, 0.1) is 40.9 Å². The molecule has 21 heavy (non-hydrogen) atoms. The van der Waals surface area contributed by atoms with Crippen molar-refractivity contribution in [2.24, 2.45) is 40.9 Å². The summed E-state index contributed by atoms with van der Waals surface area (Å²) in [6.45, 7) is 9.47. The summed E-state index contributed by atoms with van der Waals surface area (Å²) < 4.78 is 0. The van der Waals surface area contributed by atoms with E-state index in [1.165, 1.54) is 38.5 Å². The molecular weight excluding hydrogens is 256 g/mol. The highest BCUT2D eigenvalue weighted by Crippen LogP contribution is 2.64. The number of aliphatic hydroxyl groups is 1. The Morgan fingerprint density at radius 1 is 1.10 bits per heavy atom. The summed E-state index contributed by atoms with van der Waals surface area (Å²) in [6.07, 6.45) is 10.3. The van der Waals surface area contributed by atoms with E-state index in [0.717, 1.165) is 48.3 Å². The molecule has 4 saturated carbocycles. The van der Waals surface area contributed by atoms with Gasteiger partial charge in [-0.3, -0.25) is 0 Å². The van der Waals surface area contributed by atoms with E-state index in [0.29, 0.717) is 5.41 Å². The molecule has 4 aliphatic rings. The molecular formula is C20H32O. The van der Waals surface area contributed by atoms with E-state index in [-0.39, 0.29) is 6.10 Å². The maximum absolute atomic E-state index is 10.0. The normalized spacial score (nSPS) is 56.5. The van der Waals surface area contributed by atoms with Gasteiger partial charge in [-0.1, -0.05) is 26.0 Å². The molecule has 0 spiro atoms. The van der Waals surface area contributed by atoms with Crippen LogP contribution >= 0.6 is 0 Å². The number of aliphatic hydroxyl groups excluding tert-OH is 1. The third-order valence-electron chi connectivity index (χ3n) is 8.23. The van der Waals surface area contributed by atoms with Crippen molar-refractivity contribution in [3.05, 3.63) is 12.2 Å². The zero-order valence-corrected chi connectivity index (χ0v) is 13.9. The molecule has 0 saturated heterocycles. The maximum Gasteiger partial charge on any atom is 0.0543 e. The molecule has 4 aliphatic carbocycles. The molecule has 8 unspecified atom stereocenters. The highest BCUT2D eigenvalue weighted by Gasteiger charge is 2.56. The van der Waals surface area contributed by atoms with Crippen LogP contribution in [-0.2, 0) is 0 Å². The molecule has 0 aromatic heterocycles. The predicted octanol–water partition coefficient (Wildman–Crippen LogP) is 4.80. The first-order chi connectivity index (χ1) is 10.0.